The van der Waals surface area contributed by atoms with Crippen LogP contribution in [0.4, 0.5) is 19.0 Å². The molecule has 162 valence electrons. The molecule has 3 rings (SSSR count). The van der Waals surface area contributed by atoms with Gasteiger partial charge in [0.15, 0.2) is 5.82 Å². The lowest BCUT2D eigenvalue weighted by molar-refractivity contribution is -0.141. The van der Waals surface area contributed by atoms with E-state index in [4.69, 9.17) is 23.2 Å². The first-order chi connectivity index (χ1) is 14.6. The maximum atomic E-state index is 12.9. The van der Waals surface area contributed by atoms with Gasteiger partial charge in [0.2, 0.25) is 5.96 Å². The predicted molar refractivity (Wildman–Crippen MR) is 113 cm³/mol. The molecule has 1 unspecified atom stereocenters. The zero-order chi connectivity index (χ0) is 22.6. The van der Waals surface area contributed by atoms with Gasteiger partial charge in [-0.3, -0.25) is 9.89 Å². The van der Waals surface area contributed by atoms with Gasteiger partial charge < -0.3 is 10.6 Å². The average molecular weight is 470 g/mol. The molecule has 0 aliphatic rings. The van der Waals surface area contributed by atoms with Gasteiger partial charge >= 0.3 is 6.18 Å². The van der Waals surface area contributed by atoms with E-state index in [9.17, 15) is 18.0 Å². The molecular formula is C20H16Cl2F3N5O. The first-order valence-electron chi connectivity index (χ1n) is 8.92. The maximum absolute atomic E-state index is 12.9. The zero-order valence-corrected chi connectivity index (χ0v) is 17.5. The summed E-state index contributed by atoms with van der Waals surface area (Å²) in [7, 11) is 0. The van der Waals surface area contributed by atoms with Crippen molar-refractivity contribution in [2.45, 2.75) is 19.1 Å². The number of anilines is 1. The van der Waals surface area contributed by atoms with Crippen LogP contribution in [0, 0.1) is 0 Å². The molecule has 1 heterocycles. The molecule has 0 spiro atoms. The van der Waals surface area contributed by atoms with E-state index in [1.807, 2.05) is 5.10 Å². The lowest BCUT2D eigenvalue weighted by atomic mass is 10.1. The first-order valence-corrected chi connectivity index (χ1v) is 9.68. The summed E-state index contributed by atoms with van der Waals surface area (Å²) in [4.78, 5) is 16.5. The number of alkyl halides is 3. The van der Waals surface area contributed by atoms with Crippen LogP contribution in [0.2, 0.25) is 10.0 Å². The Morgan fingerprint density at radius 2 is 1.81 bits per heavy atom. The van der Waals surface area contributed by atoms with E-state index < -0.39 is 23.8 Å². The Morgan fingerprint density at radius 3 is 2.42 bits per heavy atom. The molecule has 3 aromatic rings. The monoisotopic (exact) mass is 469 g/mol. The van der Waals surface area contributed by atoms with Crippen LogP contribution in [0.5, 0.6) is 0 Å². The molecule has 3 N–H and O–H groups in total. The van der Waals surface area contributed by atoms with Gasteiger partial charge in [-0.15, -0.1) is 0 Å². The highest BCUT2D eigenvalue weighted by molar-refractivity contribution is 6.31. The van der Waals surface area contributed by atoms with Gasteiger partial charge in [-0.05, 0) is 42.8 Å². The van der Waals surface area contributed by atoms with Crippen LogP contribution in [0.15, 0.2) is 59.6 Å². The number of benzene rings is 2. The summed E-state index contributed by atoms with van der Waals surface area (Å²) in [5.74, 6) is -0.911. The number of hydrogen-bond donors (Lipinski definition) is 3. The average Bonchev–Trinajstić information content (AvgIpc) is 3.17. The second kappa shape index (κ2) is 9.40. The van der Waals surface area contributed by atoms with E-state index in [1.54, 1.807) is 31.2 Å². The van der Waals surface area contributed by atoms with Crippen molar-refractivity contribution < 1.29 is 18.0 Å². The Kier molecular flexibility index (Phi) is 6.87. The van der Waals surface area contributed by atoms with Crippen molar-refractivity contribution in [3.05, 3.63) is 81.5 Å². The number of amides is 1. The molecule has 0 fully saturated rings. The molecule has 2 aromatic carbocycles. The van der Waals surface area contributed by atoms with Gasteiger partial charge in [0.1, 0.15) is 5.69 Å². The molecule has 0 aliphatic carbocycles. The Bertz CT molecular complexity index is 1100. The van der Waals surface area contributed by atoms with Crippen molar-refractivity contribution in [1.82, 2.24) is 15.5 Å². The van der Waals surface area contributed by atoms with E-state index in [2.05, 4.69) is 20.7 Å². The van der Waals surface area contributed by atoms with Crippen molar-refractivity contribution in [2.24, 2.45) is 4.99 Å². The number of aliphatic imine (C=N–C) groups is 1. The summed E-state index contributed by atoms with van der Waals surface area (Å²) in [5, 5.41) is 12.0. The number of carbonyl (C=O) groups excluding carboxylic acids is 1. The first kappa shape index (κ1) is 22.6. The third-order valence-electron chi connectivity index (χ3n) is 4.16. The minimum absolute atomic E-state index is 0.104. The number of nitrogens with one attached hydrogen (secondary N) is 3. The summed E-state index contributed by atoms with van der Waals surface area (Å²) < 4.78 is 38.6. The Hall–Kier alpha value is -3.04. The van der Waals surface area contributed by atoms with Crippen molar-refractivity contribution in [2.75, 3.05) is 5.32 Å². The van der Waals surface area contributed by atoms with Crippen molar-refractivity contribution in [1.29, 1.82) is 0 Å². The number of aromatic amines is 1. The molecule has 1 aromatic heterocycles. The standard InChI is InChI=1S/C20H16Cl2F3N5O/c1-11(14-4-2-3-5-15(14)22)26-19(27-17-10-16(29-30-17)20(23,24)25)28-18(31)12-6-8-13(21)9-7-12/h2-11H,1H3,(H3,26,27,28,29,30,31). The van der Waals surface area contributed by atoms with Crippen molar-refractivity contribution in [3.8, 4) is 0 Å². The number of aromatic nitrogens is 2. The van der Waals surface area contributed by atoms with Crippen LogP contribution < -0.4 is 10.6 Å². The molecule has 0 radical (unpaired) electrons. The largest absolute Gasteiger partial charge is 0.432 e. The van der Waals surface area contributed by atoms with Crippen LogP contribution >= 0.6 is 23.2 Å². The zero-order valence-electron chi connectivity index (χ0n) is 16.0. The lowest BCUT2D eigenvalue weighted by Gasteiger charge is -2.18. The number of hydrogen-bond acceptors (Lipinski definition) is 2. The molecule has 31 heavy (non-hydrogen) atoms. The number of H-pyrrole nitrogens is 1. The second-order valence-corrected chi connectivity index (χ2v) is 7.29. The topological polar surface area (TPSA) is 82.2 Å². The molecule has 1 atom stereocenters. The predicted octanol–water partition coefficient (Wildman–Crippen LogP) is 5.69. The summed E-state index contributed by atoms with van der Waals surface area (Å²) >= 11 is 12.0. The number of halogens is 5. The van der Waals surface area contributed by atoms with Crippen LogP contribution in [-0.2, 0) is 6.18 Å². The number of nitrogens with zero attached hydrogens (tertiary/aromatic N) is 2. The molecule has 0 bridgehead atoms. The maximum Gasteiger partial charge on any atom is 0.432 e. The van der Waals surface area contributed by atoms with E-state index >= 15 is 0 Å². The van der Waals surface area contributed by atoms with Gasteiger partial charge in [0, 0.05) is 21.7 Å². The number of guanidine groups is 1. The smallest absolute Gasteiger partial charge is 0.349 e. The summed E-state index contributed by atoms with van der Waals surface area (Å²) in [6, 6.07) is 13.4. The van der Waals surface area contributed by atoms with E-state index in [0.717, 1.165) is 6.07 Å². The molecule has 6 nitrogen and oxygen atoms in total. The summed E-state index contributed by atoms with van der Waals surface area (Å²) in [6.07, 6.45) is -4.60. The molecular weight excluding hydrogens is 454 g/mol. The quantitative estimate of drug-likeness (QED) is 0.338. The van der Waals surface area contributed by atoms with E-state index in [0.29, 0.717) is 15.6 Å². The normalized spacial score (nSPS) is 13.0. The Labute approximate surface area is 185 Å². The van der Waals surface area contributed by atoms with E-state index in [1.165, 1.54) is 24.3 Å². The highest BCUT2D eigenvalue weighted by Crippen LogP contribution is 2.29. The Balaban J connectivity index is 1.89. The second-order valence-electron chi connectivity index (χ2n) is 6.45. The third-order valence-corrected chi connectivity index (χ3v) is 4.76. The van der Waals surface area contributed by atoms with Crippen LogP contribution in [0.3, 0.4) is 0 Å². The highest BCUT2D eigenvalue weighted by atomic mass is 35.5. The van der Waals surface area contributed by atoms with Gasteiger partial charge in [-0.2, -0.15) is 23.3 Å². The fourth-order valence-electron chi connectivity index (χ4n) is 2.62. The molecule has 1 amide bonds. The fraction of sp³-hybridized carbons (Fsp3) is 0.150. The third kappa shape index (κ3) is 5.99. The van der Waals surface area contributed by atoms with Gasteiger partial charge in [-0.25, -0.2) is 0 Å². The molecule has 0 saturated heterocycles. The minimum atomic E-state index is -4.60. The van der Waals surface area contributed by atoms with Crippen molar-refractivity contribution in [3.63, 3.8) is 0 Å². The molecule has 11 heteroatoms. The number of carbonyl (C=O) groups is 1. The SMILES string of the molecule is CC(N/C(=N/C(=O)c1ccc(Cl)cc1)Nc1cc(C(F)(F)F)[nH]n1)c1ccccc1Cl. The summed E-state index contributed by atoms with van der Waals surface area (Å²) in [5.41, 5.74) is -0.0953. The minimum Gasteiger partial charge on any atom is -0.349 e. The van der Waals surface area contributed by atoms with E-state index in [-0.39, 0.29) is 17.3 Å². The highest BCUT2D eigenvalue weighted by Gasteiger charge is 2.33. The van der Waals surface area contributed by atoms with Crippen molar-refractivity contribution >= 4 is 40.9 Å². The molecule has 0 saturated carbocycles. The Morgan fingerprint density at radius 1 is 1.13 bits per heavy atom. The van der Waals surface area contributed by atoms with Crippen LogP contribution in [-0.4, -0.2) is 22.1 Å². The lowest BCUT2D eigenvalue weighted by Crippen LogP contribution is -2.34. The molecule has 0 aliphatic heterocycles. The van der Waals surface area contributed by atoms with Crippen LogP contribution in [0.25, 0.3) is 0 Å². The summed E-state index contributed by atoms with van der Waals surface area (Å²) in [6.45, 7) is 1.76. The van der Waals surface area contributed by atoms with Gasteiger partial charge in [0.25, 0.3) is 5.91 Å². The van der Waals surface area contributed by atoms with Gasteiger partial charge in [0.05, 0.1) is 6.04 Å². The fourth-order valence-corrected chi connectivity index (χ4v) is 3.04. The van der Waals surface area contributed by atoms with Crippen LogP contribution in [0.1, 0.15) is 34.6 Å². The van der Waals surface area contributed by atoms with Gasteiger partial charge in [-0.1, -0.05) is 41.4 Å². The number of rotatable bonds is 4.